The summed E-state index contributed by atoms with van der Waals surface area (Å²) >= 11 is 0. The Labute approximate surface area is 156 Å². The van der Waals surface area contributed by atoms with Gasteiger partial charge in [0.15, 0.2) is 0 Å². The number of hydrogen-bond acceptors (Lipinski definition) is 5. The van der Waals surface area contributed by atoms with E-state index in [1.54, 1.807) is 14.2 Å². The molecule has 0 radical (unpaired) electrons. The zero-order valence-corrected chi connectivity index (χ0v) is 16.8. The first kappa shape index (κ1) is 20.5. The van der Waals surface area contributed by atoms with Crippen molar-refractivity contribution in [2.75, 3.05) is 33.9 Å². The molecule has 1 aromatic carbocycles. The number of morpholine rings is 1. The van der Waals surface area contributed by atoms with Crippen molar-refractivity contribution in [1.29, 1.82) is 0 Å². The zero-order chi connectivity index (χ0) is 19.3. The molecule has 146 valence electrons. The van der Waals surface area contributed by atoms with Crippen LogP contribution in [0.5, 0.6) is 11.5 Å². The first-order chi connectivity index (χ1) is 12.2. The van der Waals surface area contributed by atoms with Gasteiger partial charge in [0, 0.05) is 30.7 Å². The van der Waals surface area contributed by atoms with Crippen molar-refractivity contribution in [3.63, 3.8) is 0 Å². The summed E-state index contributed by atoms with van der Waals surface area (Å²) in [7, 11) is 3.21. The fraction of sp³-hybridized carbons (Fsp3) is 0.650. The highest BCUT2D eigenvalue weighted by atomic mass is 16.5. The van der Waals surface area contributed by atoms with Crippen LogP contribution in [0.1, 0.15) is 33.3 Å². The summed E-state index contributed by atoms with van der Waals surface area (Å²) in [5.74, 6) is 1.38. The lowest BCUT2D eigenvalue weighted by molar-refractivity contribution is -0.122. The predicted octanol–water partition coefficient (Wildman–Crippen LogP) is 2.25. The van der Waals surface area contributed by atoms with Crippen LogP contribution in [0.25, 0.3) is 0 Å². The average molecular weight is 364 g/mol. The lowest BCUT2D eigenvalue weighted by atomic mass is 10.00. The van der Waals surface area contributed by atoms with Crippen molar-refractivity contribution in [1.82, 2.24) is 10.2 Å². The number of methoxy groups -OCH3 is 2. The highest BCUT2D eigenvalue weighted by Crippen LogP contribution is 2.25. The summed E-state index contributed by atoms with van der Waals surface area (Å²) in [6, 6.07) is 5.49. The third-order valence-electron chi connectivity index (χ3n) is 4.83. The minimum atomic E-state index is -0.138. The molecule has 6 nitrogen and oxygen atoms in total. The van der Waals surface area contributed by atoms with Crippen molar-refractivity contribution in [2.45, 2.75) is 51.9 Å². The quantitative estimate of drug-likeness (QED) is 0.804. The zero-order valence-electron chi connectivity index (χ0n) is 16.8. The summed E-state index contributed by atoms with van der Waals surface area (Å²) in [4.78, 5) is 14.9. The first-order valence-electron chi connectivity index (χ1n) is 9.13. The molecule has 1 amide bonds. The molecule has 2 rings (SSSR count). The number of hydrogen-bond donors (Lipinski definition) is 1. The van der Waals surface area contributed by atoms with E-state index in [4.69, 9.17) is 14.2 Å². The summed E-state index contributed by atoms with van der Waals surface area (Å²) in [6.07, 6.45) is 0.663. The topological polar surface area (TPSA) is 60.0 Å². The first-order valence-corrected chi connectivity index (χ1v) is 9.13. The molecule has 1 aromatic rings. The molecular weight excluding hydrogens is 332 g/mol. The van der Waals surface area contributed by atoms with Gasteiger partial charge in [-0.1, -0.05) is 0 Å². The molecule has 0 saturated carbocycles. The Bertz CT molecular complexity index is 608. The van der Waals surface area contributed by atoms with E-state index in [9.17, 15) is 4.79 Å². The fourth-order valence-electron chi connectivity index (χ4n) is 3.35. The third-order valence-corrected chi connectivity index (χ3v) is 4.83. The molecule has 1 fully saturated rings. The van der Waals surface area contributed by atoms with Crippen LogP contribution in [0.2, 0.25) is 0 Å². The van der Waals surface area contributed by atoms with E-state index in [1.807, 2.05) is 18.2 Å². The maximum absolute atomic E-state index is 12.5. The van der Waals surface area contributed by atoms with E-state index >= 15 is 0 Å². The van der Waals surface area contributed by atoms with E-state index in [2.05, 4.69) is 37.9 Å². The van der Waals surface area contributed by atoms with Crippen LogP contribution in [0.3, 0.4) is 0 Å². The Morgan fingerprint density at radius 1 is 1.23 bits per heavy atom. The molecule has 0 spiro atoms. The van der Waals surface area contributed by atoms with Gasteiger partial charge in [-0.2, -0.15) is 0 Å². The van der Waals surface area contributed by atoms with Crippen LogP contribution in [-0.2, 0) is 16.0 Å². The van der Waals surface area contributed by atoms with Crippen LogP contribution >= 0.6 is 0 Å². The molecule has 1 N–H and O–H groups in total. The smallest absolute Gasteiger partial charge is 0.224 e. The van der Waals surface area contributed by atoms with E-state index in [-0.39, 0.29) is 30.1 Å². The molecule has 0 aliphatic carbocycles. The van der Waals surface area contributed by atoms with Crippen LogP contribution in [-0.4, -0.2) is 62.4 Å². The average Bonchev–Trinajstić information content (AvgIpc) is 2.59. The minimum Gasteiger partial charge on any atom is -0.497 e. The largest absolute Gasteiger partial charge is 0.497 e. The highest BCUT2D eigenvalue weighted by Gasteiger charge is 2.33. The SMILES string of the molecule is COc1ccc(OC)c(CC(=O)NCC(C)(C)N2CC(C)OC(C)C2)c1. The molecule has 0 aromatic heterocycles. The number of carbonyl (C=O) groups is 1. The van der Waals surface area contributed by atoms with Gasteiger partial charge in [0.1, 0.15) is 11.5 Å². The minimum absolute atomic E-state index is 0.0287. The number of nitrogens with zero attached hydrogens (tertiary/aromatic N) is 1. The van der Waals surface area contributed by atoms with Gasteiger partial charge >= 0.3 is 0 Å². The summed E-state index contributed by atoms with van der Waals surface area (Å²) in [5, 5.41) is 3.07. The van der Waals surface area contributed by atoms with Gasteiger partial charge in [0.25, 0.3) is 0 Å². The van der Waals surface area contributed by atoms with E-state index in [0.29, 0.717) is 18.0 Å². The Kier molecular flexibility index (Phi) is 6.89. The highest BCUT2D eigenvalue weighted by molar-refractivity contribution is 5.79. The normalized spacial score (nSPS) is 21.3. The van der Waals surface area contributed by atoms with Crippen molar-refractivity contribution < 1.29 is 19.0 Å². The molecule has 1 saturated heterocycles. The van der Waals surface area contributed by atoms with Crippen molar-refractivity contribution >= 4 is 5.91 Å². The number of carbonyl (C=O) groups excluding carboxylic acids is 1. The fourth-order valence-corrected chi connectivity index (χ4v) is 3.35. The molecular formula is C20H32N2O4. The third kappa shape index (κ3) is 5.35. The molecule has 1 heterocycles. The maximum Gasteiger partial charge on any atom is 0.224 e. The lowest BCUT2D eigenvalue weighted by Crippen LogP contribution is -2.58. The lowest BCUT2D eigenvalue weighted by Gasteiger charge is -2.45. The van der Waals surface area contributed by atoms with Gasteiger partial charge in [0.05, 0.1) is 32.8 Å². The summed E-state index contributed by atoms with van der Waals surface area (Å²) < 4.78 is 16.4. The second-order valence-electron chi connectivity index (χ2n) is 7.61. The van der Waals surface area contributed by atoms with Crippen LogP contribution in [0.4, 0.5) is 0 Å². The van der Waals surface area contributed by atoms with Gasteiger partial charge in [-0.05, 0) is 45.9 Å². The molecule has 0 bridgehead atoms. The van der Waals surface area contributed by atoms with E-state index < -0.39 is 0 Å². The van der Waals surface area contributed by atoms with E-state index in [0.717, 1.165) is 18.7 Å². The Morgan fingerprint density at radius 2 is 1.88 bits per heavy atom. The molecule has 1 aliphatic rings. The van der Waals surface area contributed by atoms with Gasteiger partial charge < -0.3 is 19.5 Å². The van der Waals surface area contributed by atoms with E-state index in [1.165, 1.54) is 0 Å². The number of amides is 1. The number of nitrogens with one attached hydrogen (secondary N) is 1. The standard InChI is InChI=1S/C20H32N2O4/c1-14-11-22(12-15(2)26-14)20(3,4)13-21-19(23)10-16-9-17(24-5)7-8-18(16)25-6/h7-9,14-15H,10-13H2,1-6H3,(H,21,23). The molecule has 2 unspecified atom stereocenters. The van der Waals surface area contributed by atoms with Crippen molar-refractivity contribution in [3.05, 3.63) is 23.8 Å². The Hall–Kier alpha value is -1.79. The van der Waals surface area contributed by atoms with Gasteiger partial charge in [-0.25, -0.2) is 0 Å². The van der Waals surface area contributed by atoms with Crippen LogP contribution in [0, 0.1) is 0 Å². The Balaban J connectivity index is 1.95. The monoisotopic (exact) mass is 364 g/mol. The molecule has 26 heavy (non-hydrogen) atoms. The molecule has 2 atom stereocenters. The van der Waals surface area contributed by atoms with Crippen LogP contribution in [0.15, 0.2) is 18.2 Å². The second kappa shape index (κ2) is 8.73. The summed E-state index contributed by atoms with van der Waals surface area (Å²) in [6.45, 7) is 10.8. The van der Waals surface area contributed by atoms with Crippen LogP contribution < -0.4 is 14.8 Å². The Morgan fingerprint density at radius 3 is 2.46 bits per heavy atom. The molecule has 1 aliphatic heterocycles. The number of benzene rings is 1. The maximum atomic E-state index is 12.5. The molecule has 6 heteroatoms. The second-order valence-corrected chi connectivity index (χ2v) is 7.61. The number of rotatable bonds is 7. The summed E-state index contributed by atoms with van der Waals surface area (Å²) in [5.41, 5.74) is 0.677. The predicted molar refractivity (Wildman–Crippen MR) is 102 cm³/mol. The van der Waals surface area contributed by atoms with Crippen molar-refractivity contribution in [2.24, 2.45) is 0 Å². The van der Waals surface area contributed by atoms with Gasteiger partial charge in [0.2, 0.25) is 5.91 Å². The van der Waals surface area contributed by atoms with Gasteiger partial charge in [-0.15, -0.1) is 0 Å². The van der Waals surface area contributed by atoms with Gasteiger partial charge in [-0.3, -0.25) is 9.69 Å². The number of ether oxygens (including phenoxy) is 3. The van der Waals surface area contributed by atoms with Crippen molar-refractivity contribution in [3.8, 4) is 11.5 Å².